The monoisotopic (exact) mass is 297 g/mol. The molecule has 1 heterocycles. The van der Waals surface area contributed by atoms with Gasteiger partial charge in [0.25, 0.3) is 0 Å². The summed E-state index contributed by atoms with van der Waals surface area (Å²) in [6, 6.07) is 8.41. The summed E-state index contributed by atoms with van der Waals surface area (Å²) in [6.45, 7) is -0.473. The van der Waals surface area contributed by atoms with Crippen LogP contribution in [0.3, 0.4) is 0 Å². The van der Waals surface area contributed by atoms with Gasteiger partial charge in [-0.25, -0.2) is 8.42 Å². The molecule has 0 spiro atoms. The SMILES string of the molecule is O=C(O)CN(C(=O)C1CCS(=O)(=O)C1)c1ccccc1. The highest BCUT2D eigenvalue weighted by Gasteiger charge is 2.36. The van der Waals surface area contributed by atoms with Crippen molar-refractivity contribution < 1.29 is 23.1 Å². The summed E-state index contributed by atoms with van der Waals surface area (Å²) in [4.78, 5) is 24.4. The Labute approximate surface area is 116 Å². The number of nitrogens with zero attached hydrogens (tertiary/aromatic N) is 1. The maximum absolute atomic E-state index is 12.4. The van der Waals surface area contributed by atoms with Crippen LogP contribution < -0.4 is 4.90 Å². The Morgan fingerprint density at radius 1 is 1.25 bits per heavy atom. The highest BCUT2D eigenvalue weighted by Crippen LogP contribution is 2.24. The number of sulfone groups is 1. The van der Waals surface area contributed by atoms with Crippen LogP contribution >= 0.6 is 0 Å². The van der Waals surface area contributed by atoms with Crippen LogP contribution in [-0.2, 0) is 19.4 Å². The third kappa shape index (κ3) is 3.36. The van der Waals surface area contributed by atoms with Gasteiger partial charge in [-0.1, -0.05) is 18.2 Å². The molecule has 0 radical (unpaired) electrons. The van der Waals surface area contributed by atoms with E-state index < -0.39 is 34.2 Å². The Morgan fingerprint density at radius 3 is 2.40 bits per heavy atom. The van der Waals surface area contributed by atoms with Crippen molar-refractivity contribution in [2.45, 2.75) is 6.42 Å². The standard InChI is InChI=1S/C13H15NO5S/c15-12(16)8-14(11-4-2-1-3-5-11)13(17)10-6-7-20(18,19)9-10/h1-5,10H,6-9H2,(H,15,16). The van der Waals surface area contributed by atoms with E-state index in [0.29, 0.717) is 5.69 Å². The van der Waals surface area contributed by atoms with Crippen molar-refractivity contribution in [1.82, 2.24) is 0 Å². The van der Waals surface area contributed by atoms with Crippen molar-refractivity contribution in [2.75, 3.05) is 23.0 Å². The van der Waals surface area contributed by atoms with Gasteiger partial charge in [-0.15, -0.1) is 0 Å². The lowest BCUT2D eigenvalue weighted by atomic mass is 10.1. The van der Waals surface area contributed by atoms with Gasteiger partial charge in [-0.2, -0.15) is 0 Å². The summed E-state index contributed by atoms with van der Waals surface area (Å²) < 4.78 is 22.9. The van der Waals surface area contributed by atoms with E-state index in [4.69, 9.17) is 5.11 Å². The Morgan fingerprint density at radius 2 is 1.90 bits per heavy atom. The van der Waals surface area contributed by atoms with E-state index >= 15 is 0 Å². The van der Waals surface area contributed by atoms with Crippen molar-refractivity contribution in [3.63, 3.8) is 0 Å². The first-order valence-electron chi connectivity index (χ1n) is 6.18. The molecule has 1 aliphatic rings. The number of aliphatic carboxylic acids is 1. The molecule has 1 N–H and O–H groups in total. The van der Waals surface area contributed by atoms with E-state index in [2.05, 4.69) is 0 Å². The zero-order chi connectivity index (χ0) is 14.8. The molecule has 1 aromatic rings. The molecule has 20 heavy (non-hydrogen) atoms. The van der Waals surface area contributed by atoms with Gasteiger partial charge in [0.05, 0.1) is 17.4 Å². The van der Waals surface area contributed by atoms with Crippen molar-refractivity contribution in [1.29, 1.82) is 0 Å². The van der Waals surface area contributed by atoms with Crippen LogP contribution in [0.2, 0.25) is 0 Å². The minimum absolute atomic E-state index is 0.0148. The second-order valence-corrected chi connectivity index (χ2v) is 6.98. The van der Waals surface area contributed by atoms with E-state index in [1.165, 1.54) is 0 Å². The van der Waals surface area contributed by atoms with Crippen LogP contribution in [0.15, 0.2) is 30.3 Å². The third-order valence-corrected chi connectivity index (χ3v) is 4.98. The van der Waals surface area contributed by atoms with Gasteiger partial charge in [-0.05, 0) is 18.6 Å². The van der Waals surface area contributed by atoms with Crippen molar-refractivity contribution in [3.05, 3.63) is 30.3 Å². The van der Waals surface area contributed by atoms with Gasteiger partial charge in [0.2, 0.25) is 5.91 Å². The van der Waals surface area contributed by atoms with Gasteiger partial charge >= 0.3 is 5.97 Å². The summed E-state index contributed by atoms with van der Waals surface area (Å²) in [7, 11) is -3.18. The molecule has 0 aliphatic carbocycles. The molecule has 6 nitrogen and oxygen atoms in total. The predicted molar refractivity (Wildman–Crippen MR) is 73.2 cm³/mol. The lowest BCUT2D eigenvalue weighted by Gasteiger charge is -2.23. The van der Waals surface area contributed by atoms with Crippen LogP contribution in [0.5, 0.6) is 0 Å². The maximum atomic E-state index is 12.4. The Balaban J connectivity index is 2.23. The highest BCUT2D eigenvalue weighted by molar-refractivity contribution is 7.91. The van der Waals surface area contributed by atoms with Crippen LogP contribution in [0.4, 0.5) is 5.69 Å². The van der Waals surface area contributed by atoms with Crippen LogP contribution in [-0.4, -0.2) is 43.5 Å². The van der Waals surface area contributed by atoms with Crippen molar-refractivity contribution in [2.24, 2.45) is 5.92 Å². The number of anilines is 1. The zero-order valence-corrected chi connectivity index (χ0v) is 11.5. The van der Waals surface area contributed by atoms with Crippen molar-refractivity contribution in [3.8, 4) is 0 Å². The predicted octanol–water partition coefficient (Wildman–Crippen LogP) is 0.539. The van der Waals surface area contributed by atoms with Crippen molar-refractivity contribution >= 4 is 27.4 Å². The highest BCUT2D eigenvalue weighted by atomic mass is 32.2. The molecule has 1 fully saturated rings. The lowest BCUT2D eigenvalue weighted by molar-refractivity contribution is -0.137. The molecular weight excluding hydrogens is 282 g/mol. The van der Waals surface area contributed by atoms with E-state index in [1.807, 2.05) is 0 Å². The number of carbonyl (C=O) groups excluding carboxylic acids is 1. The number of amides is 1. The first-order chi connectivity index (χ1) is 9.39. The Hall–Kier alpha value is -1.89. The lowest BCUT2D eigenvalue weighted by Crippen LogP contribution is -2.40. The molecule has 1 saturated heterocycles. The Bertz CT molecular complexity index is 611. The Kier molecular flexibility index (Phi) is 4.08. The van der Waals surface area contributed by atoms with E-state index in [-0.39, 0.29) is 17.9 Å². The first kappa shape index (κ1) is 14.5. The number of benzene rings is 1. The minimum atomic E-state index is -3.18. The molecule has 0 saturated carbocycles. The minimum Gasteiger partial charge on any atom is -0.480 e. The largest absolute Gasteiger partial charge is 0.480 e. The topological polar surface area (TPSA) is 91.8 Å². The van der Waals surface area contributed by atoms with Gasteiger partial charge < -0.3 is 10.0 Å². The number of carbonyl (C=O) groups is 2. The second kappa shape index (κ2) is 5.62. The molecule has 2 rings (SSSR count). The fraction of sp³-hybridized carbons (Fsp3) is 0.385. The summed E-state index contributed by atoms with van der Waals surface area (Å²) in [5.41, 5.74) is 0.462. The van der Waals surface area contributed by atoms with E-state index in [1.54, 1.807) is 30.3 Å². The van der Waals surface area contributed by atoms with Gasteiger partial charge in [-0.3, -0.25) is 9.59 Å². The number of para-hydroxylation sites is 1. The fourth-order valence-electron chi connectivity index (χ4n) is 2.25. The van der Waals surface area contributed by atoms with Crippen LogP contribution in [0, 0.1) is 5.92 Å². The van der Waals surface area contributed by atoms with Gasteiger partial charge in [0.1, 0.15) is 6.54 Å². The normalized spacial score (nSPS) is 20.5. The summed E-state index contributed by atoms with van der Waals surface area (Å²) >= 11 is 0. The molecule has 1 unspecified atom stereocenters. The molecule has 108 valence electrons. The van der Waals surface area contributed by atoms with Gasteiger partial charge in [0.15, 0.2) is 9.84 Å². The van der Waals surface area contributed by atoms with Crippen LogP contribution in [0.25, 0.3) is 0 Å². The molecule has 7 heteroatoms. The number of hydrogen-bond donors (Lipinski definition) is 1. The fourth-order valence-corrected chi connectivity index (χ4v) is 3.98. The second-order valence-electron chi connectivity index (χ2n) is 4.75. The summed E-state index contributed by atoms with van der Waals surface area (Å²) in [5, 5.41) is 8.93. The number of carboxylic acids is 1. The first-order valence-corrected chi connectivity index (χ1v) is 8.00. The average molecular weight is 297 g/mol. The van der Waals surface area contributed by atoms with E-state index in [0.717, 1.165) is 4.90 Å². The van der Waals surface area contributed by atoms with E-state index in [9.17, 15) is 18.0 Å². The quantitative estimate of drug-likeness (QED) is 0.875. The molecular formula is C13H15NO5S. The van der Waals surface area contributed by atoms with Crippen LogP contribution in [0.1, 0.15) is 6.42 Å². The molecule has 1 amide bonds. The summed E-state index contributed by atoms with van der Waals surface area (Å²) in [5.74, 6) is -2.45. The molecule has 1 aliphatic heterocycles. The van der Waals surface area contributed by atoms with Gasteiger partial charge in [0, 0.05) is 5.69 Å². The number of rotatable bonds is 4. The smallest absolute Gasteiger partial charge is 0.323 e. The zero-order valence-electron chi connectivity index (χ0n) is 10.7. The molecule has 0 bridgehead atoms. The summed E-state index contributed by atoms with van der Waals surface area (Å²) in [6.07, 6.45) is 0.254. The number of carboxylic acid groups (broad SMARTS) is 1. The maximum Gasteiger partial charge on any atom is 0.323 e. The average Bonchev–Trinajstić information content (AvgIpc) is 2.76. The third-order valence-electron chi connectivity index (χ3n) is 3.21. The molecule has 1 atom stereocenters. The number of hydrogen-bond acceptors (Lipinski definition) is 4. The molecule has 1 aromatic carbocycles. The molecule has 0 aromatic heterocycles.